The number of likely N-dealkylation sites (tertiary alicyclic amines) is 1. The number of amides is 3. The third-order valence-corrected chi connectivity index (χ3v) is 13.4. The molecule has 4 aliphatic rings. The predicted octanol–water partition coefficient (Wildman–Crippen LogP) is 5.71. The fourth-order valence-corrected chi connectivity index (χ4v) is 11.9. The lowest BCUT2D eigenvalue weighted by Crippen LogP contribution is -2.42. The van der Waals surface area contributed by atoms with Gasteiger partial charge >= 0.3 is 10.8 Å². The van der Waals surface area contributed by atoms with Crippen LogP contribution >= 0.6 is 39.0 Å². The van der Waals surface area contributed by atoms with Gasteiger partial charge in [-0.3, -0.25) is 28.9 Å². The lowest BCUT2D eigenvalue weighted by Gasteiger charge is -2.43. The third-order valence-electron chi connectivity index (χ3n) is 10.3. The number of fused-ring (bicyclic) bond motifs is 10. The van der Waals surface area contributed by atoms with Gasteiger partial charge in [0.1, 0.15) is 5.75 Å². The summed E-state index contributed by atoms with van der Waals surface area (Å²) in [6, 6.07) is 19.2. The van der Waals surface area contributed by atoms with Crippen LogP contribution in [0.5, 0.6) is 5.75 Å². The first-order valence-electron chi connectivity index (χ1n) is 15.9. The molecule has 1 aromatic heterocycles. The molecule has 0 spiro atoms. The monoisotopic (exact) mass is 747 g/mol. The summed E-state index contributed by atoms with van der Waals surface area (Å²) in [5, 5.41) is 14.8. The number of carboxylic acid groups (broad SMARTS) is 1. The fourth-order valence-electron chi connectivity index (χ4n) is 8.59. The number of imide groups is 1. The van der Waals surface area contributed by atoms with Crippen LogP contribution in [-0.2, 0) is 19.2 Å². The molecule has 3 fully saturated rings. The number of hydrogen-bond acceptors (Lipinski definition) is 8. The van der Waals surface area contributed by atoms with Crippen LogP contribution in [0.3, 0.4) is 0 Å². The van der Waals surface area contributed by atoms with Gasteiger partial charge < -0.3 is 20.1 Å². The molecule has 2 aliphatic heterocycles. The highest BCUT2D eigenvalue weighted by molar-refractivity contribution is 9.10. The number of nitrogens with zero attached hydrogens (tertiary/aromatic N) is 1. The first kappa shape index (κ1) is 31.3. The van der Waals surface area contributed by atoms with Gasteiger partial charge in [-0.2, -0.15) is 0 Å². The Morgan fingerprint density at radius 2 is 1.79 bits per heavy atom. The van der Waals surface area contributed by atoms with Crippen molar-refractivity contribution in [3.63, 3.8) is 0 Å². The zero-order chi connectivity index (χ0) is 33.3. The zero-order valence-electron chi connectivity index (χ0n) is 25.4. The quantitative estimate of drug-likeness (QED) is 0.185. The third kappa shape index (κ3) is 5.17. The maximum absolute atomic E-state index is 13.8. The summed E-state index contributed by atoms with van der Waals surface area (Å²) in [5.41, 5.74) is 1.50. The van der Waals surface area contributed by atoms with Crippen molar-refractivity contribution in [2.24, 2.45) is 29.6 Å². The predicted molar refractivity (Wildman–Crippen MR) is 184 cm³/mol. The number of carbonyl (C=O) groups excluding carboxylic acids is 3. The number of ether oxygens (including phenoxy) is 1. The summed E-state index contributed by atoms with van der Waals surface area (Å²) in [7, 11) is 0. The topological polar surface area (TPSA) is 146 Å². The van der Waals surface area contributed by atoms with Crippen LogP contribution in [0, 0.1) is 29.6 Å². The minimum absolute atomic E-state index is 0.0174. The molecule has 2 aliphatic carbocycles. The molecule has 8 rings (SSSR count). The van der Waals surface area contributed by atoms with Crippen molar-refractivity contribution < 1.29 is 29.0 Å². The fraction of sp³-hybridized carbons (Fsp3) is 0.343. The summed E-state index contributed by atoms with van der Waals surface area (Å²) in [5.74, 6) is -2.61. The van der Waals surface area contributed by atoms with Crippen molar-refractivity contribution in [3.8, 4) is 5.75 Å². The normalized spacial score (nSPS) is 26.8. The van der Waals surface area contributed by atoms with E-state index in [1.54, 1.807) is 11.8 Å². The number of aromatic nitrogens is 1. The molecule has 48 heavy (non-hydrogen) atoms. The van der Waals surface area contributed by atoms with Crippen LogP contribution in [-0.4, -0.2) is 57.1 Å². The average molecular weight is 749 g/mol. The Balaban J connectivity index is 1.10. The van der Waals surface area contributed by atoms with Crippen LogP contribution in [0.25, 0.3) is 10.8 Å². The lowest BCUT2D eigenvalue weighted by molar-refractivity contribution is -0.142. The number of rotatable bonds is 9. The molecule has 7 atom stereocenters. The van der Waals surface area contributed by atoms with E-state index in [9.17, 15) is 24.0 Å². The van der Waals surface area contributed by atoms with Crippen molar-refractivity contribution >= 4 is 79.2 Å². The number of aliphatic carboxylic acids is 1. The molecule has 0 radical (unpaired) electrons. The molecule has 13 heteroatoms. The highest BCUT2D eigenvalue weighted by Gasteiger charge is 2.69. The van der Waals surface area contributed by atoms with E-state index in [4.69, 9.17) is 9.84 Å². The Morgan fingerprint density at radius 3 is 2.60 bits per heavy atom. The molecular formula is C35H30BrN3O7S2. The molecule has 3 amide bonds. The number of halogens is 1. The Kier molecular flexibility index (Phi) is 7.96. The Morgan fingerprint density at radius 1 is 1.02 bits per heavy atom. The van der Waals surface area contributed by atoms with E-state index < -0.39 is 17.8 Å². The maximum atomic E-state index is 13.8. The van der Waals surface area contributed by atoms with Crippen LogP contribution in [0.15, 0.2) is 75.0 Å². The van der Waals surface area contributed by atoms with Crippen LogP contribution < -0.4 is 14.9 Å². The van der Waals surface area contributed by atoms with E-state index in [1.807, 2.05) is 60.7 Å². The van der Waals surface area contributed by atoms with E-state index in [1.165, 1.54) is 4.90 Å². The molecule has 3 heterocycles. The van der Waals surface area contributed by atoms with Crippen molar-refractivity contribution in [2.75, 3.05) is 18.5 Å². The van der Waals surface area contributed by atoms with Crippen molar-refractivity contribution in [3.05, 3.63) is 85.2 Å². The number of carbonyl (C=O) groups is 4. The van der Waals surface area contributed by atoms with Gasteiger partial charge in [-0.25, -0.2) is 0 Å². The van der Waals surface area contributed by atoms with Gasteiger partial charge in [0.15, 0.2) is 6.61 Å². The van der Waals surface area contributed by atoms with Gasteiger partial charge in [0.2, 0.25) is 11.8 Å². The van der Waals surface area contributed by atoms with Gasteiger partial charge in [0.05, 0.1) is 16.9 Å². The first-order chi connectivity index (χ1) is 23.2. The van der Waals surface area contributed by atoms with E-state index in [0.29, 0.717) is 11.4 Å². The molecule has 1 saturated heterocycles. The number of anilines is 1. The number of H-pyrrole nitrogens is 1. The summed E-state index contributed by atoms with van der Waals surface area (Å²) in [6.07, 6.45) is 0.837. The first-order valence-corrected chi connectivity index (χ1v) is 18.3. The molecule has 2 bridgehead atoms. The standard InChI is InChI=1S/C35H30BrN3O7S2/c36-17-10-11-23(46-15-24(40)37-22-8-3-6-16-5-1-2-7-18(16)22)19(13-17)26-27-20-14-21(30(27)47-32-31(26)48-35(45)38-32)29-28(20)33(43)39(34(29)44)12-4-9-25(41)42/h1-3,5-8,10-11,13,20-21,26-30H,4,9,12,14-15H2,(H,37,40)(H,38,45)(H,41,42)/t20?,21?,26-,27?,28?,29?,30?/m1/s1. The smallest absolute Gasteiger partial charge is 0.305 e. The second-order valence-electron chi connectivity index (χ2n) is 12.8. The second kappa shape index (κ2) is 12.2. The Hall–Kier alpha value is -3.94. The SMILES string of the molecule is O=C(O)CCCN1C(=O)C2C3CC(C2C1=O)C1C3Sc2[nH]c(=O)sc2[C@@H]1c1cc(Br)ccc1OCC(=O)Nc1cccc2ccccc12. The van der Waals surface area contributed by atoms with Crippen molar-refractivity contribution in [1.82, 2.24) is 9.88 Å². The van der Waals surface area contributed by atoms with E-state index >= 15 is 0 Å². The highest BCUT2D eigenvalue weighted by atomic mass is 79.9. The number of aromatic amines is 1. The number of thioether (sulfide) groups is 1. The van der Waals surface area contributed by atoms with Crippen LogP contribution in [0.1, 0.15) is 35.6 Å². The molecule has 3 aromatic carbocycles. The summed E-state index contributed by atoms with van der Waals surface area (Å²) in [4.78, 5) is 69.5. The minimum atomic E-state index is -0.960. The van der Waals surface area contributed by atoms with E-state index in [-0.39, 0.29) is 77.5 Å². The zero-order valence-corrected chi connectivity index (χ0v) is 28.6. The summed E-state index contributed by atoms with van der Waals surface area (Å²) >= 11 is 6.37. The van der Waals surface area contributed by atoms with Gasteiger partial charge in [-0.1, -0.05) is 63.7 Å². The van der Waals surface area contributed by atoms with E-state index in [2.05, 4.69) is 26.2 Å². The van der Waals surface area contributed by atoms with Crippen LogP contribution in [0.2, 0.25) is 0 Å². The van der Waals surface area contributed by atoms with E-state index in [0.717, 1.165) is 48.5 Å². The molecule has 3 N–H and O–H groups in total. The van der Waals surface area contributed by atoms with Gasteiger partial charge in [-0.05, 0) is 60.2 Å². The lowest BCUT2D eigenvalue weighted by atomic mass is 9.68. The molecule has 6 unspecified atom stereocenters. The molecule has 4 aromatic rings. The Bertz CT molecular complexity index is 2060. The van der Waals surface area contributed by atoms with Crippen molar-refractivity contribution in [1.29, 1.82) is 0 Å². The maximum Gasteiger partial charge on any atom is 0.305 e. The number of hydrogen-bond donors (Lipinski definition) is 3. The molecular weight excluding hydrogens is 718 g/mol. The number of nitrogens with one attached hydrogen (secondary N) is 2. The highest BCUT2D eigenvalue weighted by Crippen LogP contribution is 2.69. The largest absolute Gasteiger partial charge is 0.483 e. The molecule has 2 saturated carbocycles. The van der Waals surface area contributed by atoms with Crippen molar-refractivity contribution in [2.45, 2.75) is 35.5 Å². The Labute approximate surface area is 291 Å². The second-order valence-corrected chi connectivity index (χ2v) is 16.0. The summed E-state index contributed by atoms with van der Waals surface area (Å²) < 4.78 is 7.05. The molecule has 10 nitrogen and oxygen atoms in total. The number of benzene rings is 3. The number of thiazole rings is 1. The number of carboxylic acids is 1. The van der Waals surface area contributed by atoms with Gasteiger partial charge in [-0.15, -0.1) is 11.8 Å². The van der Waals surface area contributed by atoms with Crippen LogP contribution in [0.4, 0.5) is 5.69 Å². The minimum Gasteiger partial charge on any atom is -0.483 e. The van der Waals surface area contributed by atoms with Gasteiger partial charge in [0, 0.05) is 50.1 Å². The average Bonchev–Trinajstić information content (AvgIpc) is 3.80. The molecule has 246 valence electrons. The van der Waals surface area contributed by atoms with Gasteiger partial charge in [0.25, 0.3) is 5.91 Å². The summed E-state index contributed by atoms with van der Waals surface area (Å²) in [6.45, 7) is -0.133.